The summed E-state index contributed by atoms with van der Waals surface area (Å²) in [4.78, 5) is 29.8. The molecule has 0 bridgehead atoms. The molecule has 146 valence electrons. The lowest BCUT2D eigenvalue weighted by Crippen LogP contribution is -2.60. The van der Waals surface area contributed by atoms with E-state index in [2.05, 4.69) is 4.99 Å². The van der Waals surface area contributed by atoms with Crippen LogP contribution in [0.25, 0.3) is 0 Å². The molecule has 1 unspecified atom stereocenters. The van der Waals surface area contributed by atoms with Gasteiger partial charge in [0.1, 0.15) is 29.2 Å². The van der Waals surface area contributed by atoms with Crippen molar-refractivity contribution >= 4 is 25.2 Å². The molecule has 1 aromatic rings. The van der Waals surface area contributed by atoms with Crippen LogP contribution in [0.5, 0.6) is 11.5 Å². The molecule has 3 aliphatic rings. The van der Waals surface area contributed by atoms with Crippen molar-refractivity contribution in [1.29, 1.82) is 0 Å². The molecule has 4 rings (SSSR count). The van der Waals surface area contributed by atoms with Gasteiger partial charge in [0, 0.05) is 12.6 Å². The Morgan fingerprint density at radius 3 is 2.86 bits per heavy atom. The van der Waals surface area contributed by atoms with Gasteiger partial charge in [0.05, 0.1) is 18.8 Å². The van der Waals surface area contributed by atoms with Gasteiger partial charge in [-0.1, -0.05) is 12.1 Å². The molecule has 1 amide bonds. The Kier molecular flexibility index (Phi) is 4.82. The number of nitrogens with zero attached hydrogens (tertiary/aromatic N) is 2. The van der Waals surface area contributed by atoms with Crippen LogP contribution in [0.3, 0.4) is 0 Å². The first-order valence-electron chi connectivity index (χ1n) is 9.11. The van der Waals surface area contributed by atoms with E-state index >= 15 is 0 Å². The molecule has 4 N–H and O–H groups in total. The maximum atomic E-state index is 12.4. The predicted molar refractivity (Wildman–Crippen MR) is 101 cm³/mol. The van der Waals surface area contributed by atoms with Crippen LogP contribution < -0.4 is 15.1 Å². The van der Waals surface area contributed by atoms with Gasteiger partial charge < -0.3 is 30.2 Å². The molecular formula is C18H20BN3O6. The fourth-order valence-electron chi connectivity index (χ4n) is 3.50. The van der Waals surface area contributed by atoms with Gasteiger partial charge in [0.2, 0.25) is 5.91 Å². The highest BCUT2D eigenvalue weighted by Crippen LogP contribution is 2.37. The summed E-state index contributed by atoms with van der Waals surface area (Å²) in [5.74, 6) is -1.13. The van der Waals surface area contributed by atoms with Crippen molar-refractivity contribution in [3.8, 4) is 11.5 Å². The summed E-state index contributed by atoms with van der Waals surface area (Å²) in [6, 6.07) is 2.54. The van der Waals surface area contributed by atoms with Gasteiger partial charge in [-0.2, -0.15) is 0 Å². The summed E-state index contributed by atoms with van der Waals surface area (Å²) in [5.41, 5.74) is 7.13. The number of allylic oxidation sites excluding steroid dienone is 1. The van der Waals surface area contributed by atoms with E-state index in [4.69, 9.17) is 15.1 Å². The average Bonchev–Trinajstić information content (AvgIpc) is 3.17. The van der Waals surface area contributed by atoms with Crippen LogP contribution in [0, 0.1) is 0 Å². The quantitative estimate of drug-likeness (QED) is 0.611. The first kappa shape index (κ1) is 18.5. The minimum atomic E-state index is -1.19. The standard InChI is InChI=1S/C18H20BN3O6/c20-15(12-2-1-7-21-12)17(23)22-8-11(9-22)27-13-4-3-10-5-6-19(26)28-16(10)14(13)18(24)25/h2-4,7,11,15,26H,1,5-6,8-9,20H2,(H,24,25). The fourth-order valence-corrected chi connectivity index (χ4v) is 3.50. The third-order valence-electron chi connectivity index (χ3n) is 5.04. The highest BCUT2D eigenvalue weighted by molar-refractivity contribution is 6.44. The van der Waals surface area contributed by atoms with Crippen molar-refractivity contribution in [3.05, 3.63) is 35.0 Å². The molecule has 0 aliphatic carbocycles. The average molecular weight is 385 g/mol. The molecule has 9 nitrogen and oxygen atoms in total. The minimum Gasteiger partial charge on any atom is -0.535 e. The maximum Gasteiger partial charge on any atom is 0.522 e. The van der Waals surface area contributed by atoms with Crippen LogP contribution >= 0.6 is 0 Å². The second kappa shape index (κ2) is 7.29. The SMILES string of the molecule is NC(C(=O)N1CC(Oc2ccc3c(c2C(=O)O)OB(O)CC3)C1)C1=CCC=N1. The number of rotatable bonds is 5. The van der Waals surface area contributed by atoms with E-state index in [1.807, 2.05) is 6.08 Å². The van der Waals surface area contributed by atoms with E-state index in [1.54, 1.807) is 23.2 Å². The van der Waals surface area contributed by atoms with E-state index in [0.717, 1.165) is 5.56 Å². The fraction of sp³-hybridized carbons (Fsp3) is 0.389. The number of ether oxygens (including phenoxy) is 1. The maximum absolute atomic E-state index is 12.4. The van der Waals surface area contributed by atoms with Crippen LogP contribution in [-0.4, -0.2) is 65.5 Å². The third-order valence-corrected chi connectivity index (χ3v) is 5.04. The smallest absolute Gasteiger partial charge is 0.522 e. The van der Waals surface area contributed by atoms with Crippen molar-refractivity contribution in [2.75, 3.05) is 13.1 Å². The van der Waals surface area contributed by atoms with Gasteiger partial charge in [-0.3, -0.25) is 9.79 Å². The zero-order valence-electron chi connectivity index (χ0n) is 15.1. The molecule has 1 aromatic carbocycles. The second-order valence-electron chi connectivity index (χ2n) is 6.98. The number of aryl methyl sites for hydroxylation is 1. The largest absolute Gasteiger partial charge is 0.535 e. The van der Waals surface area contributed by atoms with E-state index in [1.165, 1.54) is 0 Å². The highest BCUT2D eigenvalue weighted by atomic mass is 16.5. The van der Waals surface area contributed by atoms with Crippen LogP contribution in [0.4, 0.5) is 0 Å². The van der Waals surface area contributed by atoms with Gasteiger partial charge >= 0.3 is 13.1 Å². The summed E-state index contributed by atoms with van der Waals surface area (Å²) in [7, 11) is -1.04. The lowest BCUT2D eigenvalue weighted by molar-refractivity contribution is -0.140. The van der Waals surface area contributed by atoms with Gasteiger partial charge in [0.25, 0.3) is 0 Å². The number of fused-ring (bicyclic) bond motifs is 1. The van der Waals surface area contributed by atoms with Crippen LogP contribution in [0.15, 0.2) is 28.9 Å². The highest BCUT2D eigenvalue weighted by Gasteiger charge is 2.37. The van der Waals surface area contributed by atoms with Crippen LogP contribution in [0.2, 0.25) is 6.32 Å². The number of nitrogens with two attached hydrogens (primary N) is 1. The topological polar surface area (TPSA) is 135 Å². The van der Waals surface area contributed by atoms with Crippen molar-refractivity contribution in [2.45, 2.75) is 31.3 Å². The zero-order valence-corrected chi connectivity index (χ0v) is 15.1. The molecule has 1 fully saturated rings. The summed E-state index contributed by atoms with van der Waals surface area (Å²) < 4.78 is 11.1. The summed E-state index contributed by atoms with van der Waals surface area (Å²) in [5, 5.41) is 19.3. The number of hydrogen-bond donors (Lipinski definition) is 3. The molecule has 1 atom stereocenters. The van der Waals surface area contributed by atoms with Crippen molar-refractivity contribution in [2.24, 2.45) is 10.7 Å². The second-order valence-corrected chi connectivity index (χ2v) is 6.98. The van der Waals surface area contributed by atoms with Crippen molar-refractivity contribution < 1.29 is 29.1 Å². The number of hydrogen-bond acceptors (Lipinski definition) is 7. The van der Waals surface area contributed by atoms with E-state index < -0.39 is 19.1 Å². The predicted octanol–water partition coefficient (Wildman–Crippen LogP) is 0.0755. The van der Waals surface area contributed by atoms with Crippen molar-refractivity contribution in [3.63, 3.8) is 0 Å². The van der Waals surface area contributed by atoms with Crippen molar-refractivity contribution in [1.82, 2.24) is 4.90 Å². The summed E-state index contributed by atoms with van der Waals surface area (Å²) in [6.07, 6.45) is 4.78. The molecule has 0 saturated carbocycles. The van der Waals surface area contributed by atoms with Crippen LogP contribution in [0.1, 0.15) is 22.3 Å². The first-order chi connectivity index (χ1) is 13.4. The molecule has 1 saturated heterocycles. The Labute approximate surface area is 161 Å². The van der Waals surface area contributed by atoms with E-state index in [9.17, 15) is 19.7 Å². The van der Waals surface area contributed by atoms with Gasteiger partial charge in [-0.05, 0) is 24.4 Å². The zero-order chi connectivity index (χ0) is 19.8. The Morgan fingerprint density at radius 1 is 1.39 bits per heavy atom. The lowest BCUT2D eigenvalue weighted by atomic mass is 9.78. The monoisotopic (exact) mass is 385 g/mol. The molecule has 3 aliphatic heterocycles. The molecule has 3 heterocycles. The molecule has 10 heteroatoms. The minimum absolute atomic E-state index is 0.108. The molecular weight excluding hydrogens is 365 g/mol. The van der Waals surface area contributed by atoms with Gasteiger partial charge in [-0.15, -0.1) is 0 Å². The molecule has 0 aromatic heterocycles. The number of amides is 1. The number of carboxylic acid groups (broad SMARTS) is 1. The Hall–Kier alpha value is -2.85. The number of carbonyl (C=O) groups is 2. The van der Waals surface area contributed by atoms with Gasteiger partial charge in [0.15, 0.2) is 0 Å². The molecule has 0 radical (unpaired) electrons. The third kappa shape index (κ3) is 3.36. The number of aliphatic imine (C=N–C) groups is 1. The number of carbonyl (C=O) groups excluding carboxylic acids is 1. The van der Waals surface area contributed by atoms with E-state index in [0.29, 0.717) is 37.9 Å². The Balaban J connectivity index is 1.43. The van der Waals surface area contributed by atoms with Crippen LogP contribution in [-0.2, 0) is 11.2 Å². The van der Waals surface area contributed by atoms with E-state index in [-0.39, 0.29) is 29.1 Å². The summed E-state index contributed by atoms with van der Waals surface area (Å²) in [6.45, 7) is 0.617. The lowest BCUT2D eigenvalue weighted by Gasteiger charge is -2.40. The number of aromatic carboxylic acids is 1. The van der Waals surface area contributed by atoms with Gasteiger partial charge in [-0.25, -0.2) is 4.79 Å². The first-order valence-corrected chi connectivity index (χ1v) is 9.11. The Bertz CT molecular complexity index is 880. The number of benzene rings is 1. The molecule has 28 heavy (non-hydrogen) atoms. The number of likely N-dealkylation sites (tertiary alicyclic amines) is 1. The molecule has 0 spiro atoms. The normalized spacial score (nSPS) is 19.4. The number of carboxylic acids is 1. The summed E-state index contributed by atoms with van der Waals surface area (Å²) >= 11 is 0. The Morgan fingerprint density at radius 2 is 2.18 bits per heavy atom.